The Morgan fingerprint density at radius 2 is 2.27 bits per heavy atom. The zero-order chi connectivity index (χ0) is 7.52. The molecule has 1 fully saturated rings. The highest BCUT2D eigenvalue weighted by molar-refractivity contribution is 5.09. The van der Waals surface area contributed by atoms with E-state index in [2.05, 4.69) is 11.4 Å². The van der Waals surface area contributed by atoms with Gasteiger partial charge in [-0.2, -0.15) is 0 Å². The molecular formula is C10H17N. The average molecular weight is 151 g/mol. The highest BCUT2D eigenvalue weighted by atomic mass is 14.9. The van der Waals surface area contributed by atoms with Crippen LogP contribution in [0.15, 0.2) is 11.6 Å². The predicted octanol–water partition coefficient (Wildman–Crippen LogP) is 2.24. The molecule has 0 bridgehead atoms. The SMILES string of the molecule is C1=C(CNC2CCC2)CCC1. The normalized spacial score (nSPS) is 24.9. The fraction of sp³-hybridized carbons (Fsp3) is 0.800. The van der Waals surface area contributed by atoms with Crippen molar-refractivity contribution in [1.29, 1.82) is 0 Å². The van der Waals surface area contributed by atoms with Crippen molar-refractivity contribution in [2.24, 2.45) is 0 Å². The molecule has 2 aliphatic rings. The Labute approximate surface area is 68.9 Å². The molecule has 2 rings (SSSR count). The first-order chi connectivity index (χ1) is 5.45. The quantitative estimate of drug-likeness (QED) is 0.610. The first kappa shape index (κ1) is 7.35. The molecule has 0 heterocycles. The minimum absolute atomic E-state index is 0.858. The van der Waals surface area contributed by atoms with Crippen molar-refractivity contribution in [3.63, 3.8) is 0 Å². The van der Waals surface area contributed by atoms with Crippen molar-refractivity contribution in [1.82, 2.24) is 5.32 Å². The molecular weight excluding hydrogens is 134 g/mol. The standard InChI is InChI=1S/C10H17N/c1-2-5-9(4-1)8-11-10-6-3-7-10/h4,10-11H,1-3,5-8H2. The van der Waals surface area contributed by atoms with Gasteiger partial charge in [-0.15, -0.1) is 0 Å². The van der Waals surface area contributed by atoms with Gasteiger partial charge in [0.1, 0.15) is 0 Å². The van der Waals surface area contributed by atoms with Gasteiger partial charge in [0.2, 0.25) is 0 Å². The van der Waals surface area contributed by atoms with Crippen LogP contribution in [-0.4, -0.2) is 12.6 Å². The molecule has 0 unspecified atom stereocenters. The van der Waals surface area contributed by atoms with E-state index < -0.39 is 0 Å². The molecule has 1 heteroatoms. The first-order valence-electron chi connectivity index (χ1n) is 4.86. The highest BCUT2D eigenvalue weighted by Gasteiger charge is 2.16. The molecule has 0 aliphatic heterocycles. The van der Waals surface area contributed by atoms with Crippen LogP contribution in [0, 0.1) is 0 Å². The third kappa shape index (κ3) is 1.84. The summed E-state index contributed by atoms with van der Waals surface area (Å²) >= 11 is 0. The second-order valence-electron chi connectivity index (χ2n) is 3.76. The van der Waals surface area contributed by atoms with Gasteiger partial charge in [0.25, 0.3) is 0 Å². The fourth-order valence-corrected chi connectivity index (χ4v) is 1.79. The van der Waals surface area contributed by atoms with Crippen LogP contribution >= 0.6 is 0 Å². The van der Waals surface area contributed by atoms with Crippen LogP contribution in [0.2, 0.25) is 0 Å². The molecule has 11 heavy (non-hydrogen) atoms. The molecule has 0 amide bonds. The van der Waals surface area contributed by atoms with Gasteiger partial charge >= 0.3 is 0 Å². The summed E-state index contributed by atoms with van der Waals surface area (Å²) in [5, 5.41) is 3.59. The number of hydrogen-bond donors (Lipinski definition) is 1. The van der Waals surface area contributed by atoms with Crippen molar-refractivity contribution in [2.75, 3.05) is 6.54 Å². The molecule has 0 spiro atoms. The lowest BCUT2D eigenvalue weighted by Crippen LogP contribution is -2.36. The van der Waals surface area contributed by atoms with Crippen molar-refractivity contribution >= 4 is 0 Å². The van der Waals surface area contributed by atoms with E-state index >= 15 is 0 Å². The van der Waals surface area contributed by atoms with Crippen molar-refractivity contribution in [3.05, 3.63) is 11.6 Å². The Morgan fingerprint density at radius 3 is 2.82 bits per heavy atom. The molecule has 1 nitrogen and oxygen atoms in total. The number of allylic oxidation sites excluding steroid dienone is 1. The van der Waals surface area contributed by atoms with Gasteiger partial charge in [0.05, 0.1) is 0 Å². The second kappa shape index (κ2) is 3.40. The zero-order valence-electron chi connectivity index (χ0n) is 7.10. The summed E-state index contributed by atoms with van der Waals surface area (Å²) in [6, 6.07) is 0.858. The van der Waals surface area contributed by atoms with Gasteiger partial charge in [-0.05, 0) is 32.1 Å². The Hall–Kier alpha value is -0.300. The van der Waals surface area contributed by atoms with Gasteiger partial charge in [-0.25, -0.2) is 0 Å². The monoisotopic (exact) mass is 151 g/mol. The number of nitrogens with one attached hydrogen (secondary N) is 1. The molecule has 0 aromatic carbocycles. The van der Waals surface area contributed by atoms with Gasteiger partial charge in [-0.3, -0.25) is 0 Å². The van der Waals surface area contributed by atoms with Gasteiger partial charge in [0.15, 0.2) is 0 Å². The molecule has 0 atom stereocenters. The first-order valence-corrected chi connectivity index (χ1v) is 4.86. The fourth-order valence-electron chi connectivity index (χ4n) is 1.79. The van der Waals surface area contributed by atoms with Crippen LogP contribution in [-0.2, 0) is 0 Å². The minimum atomic E-state index is 0.858. The maximum absolute atomic E-state index is 3.59. The summed E-state index contributed by atoms with van der Waals surface area (Å²) in [5.74, 6) is 0. The van der Waals surface area contributed by atoms with E-state index in [4.69, 9.17) is 0 Å². The highest BCUT2D eigenvalue weighted by Crippen LogP contribution is 2.20. The third-order valence-corrected chi connectivity index (χ3v) is 2.86. The Kier molecular flexibility index (Phi) is 2.27. The number of hydrogen-bond acceptors (Lipinski definition) is 1. The van der Waals surface area contributed by atoms with Crippen molar-refractivity contribution in [2.45, 2.75) is 44.6 Å². The maximum Gasteiger partial charge on any atom is 0.0167 e. The van der Waals surface area contributed by atoms with Crippen LogP contribution in [0.3, 0.4) is 0 Å². The Bertz CT molecular complexity index is 156. The van der Waals surface area contributed by atoms with E-state index in [1.54, 1.807) is 5.57 Å². The summed E-state index contributed by atoms with van der Waals surface area (Å²) in [5.41, 5.74) is 1.65. The molecule has 0 radical (unpaired) electrons. The smallest absolute Gasteiger partial charge is 0.0167 e. The Balaban J connectivity index is 1.65. The summed E-state index contributed by atoms with van der Waals surface area (Å²) < 4.78 is 0. The maximum atomic E-state index is 3.59. The average Bonchev–Trinajstić information content (AvgIpc) is 2.36. The van der Waals surface area contributed by atoms with Crippen molar-refractivity contribution in [3.8, 4) is 0 Å². The van der Waals surface area contributed by atoms with Crippen LogP contribution in [0.4, 0.5) is 0 Å². The van der Waals surface area contributed by atoms with Gasteiger partial charge in [0, 0.05) is 12.6 Å². The van der Waals surface area contributed by atoms with E-state index in [1.165, 1.54) is 45.1 Å². The lowest BCUT2D eigenvalue weighted by atomic mass is 9.93. The van der Waals surface area contributed by atoms with Gasteiger partial charge in [-0.1, -0.05) is 18.1 Å². The van der Waals surface area contributed by atoms with E-state index in [9.17, 15) is 0 Å². The minimum Gasteiger partial charge on any atom is -0.310 e. The molecule has 0 saturated heterocycles. The topological polar surface area (TPSA) is 12.0 Å². The molecule has 0 aromatic rings. The largest absolute Gasteiger partial charge is 0.310 e. The van der Waals surface area contributed by atoms with Crippen LogP contribution in [0.5, 0.6) is 0 Å². The van der Waals surface area contributed by atoms with Crippen LogP contribution in [0.1, 0.15) is 38.5 Å². The lowest BCUT2D eigenvalue weighted by Gasteiger charge is -2.26. The third-order valence-electron chi connectivity index (χ3n) is 2.86. The molecule has 1 saturated carbocycles. The summed E-state index contributed by atoms with van der Waals surface area (Å²) in [6.07, 6.45) is 10.7. The van der Waals surface area contributed by atoms with Crippen LogP contribution < -0.4 is 5.32 Å². The summed E-state index contributed by atoms with van der Waals surface area (Å²) in [7, 11) is 0. The summed E-state index contributed by atoms with van der Waals surface area (Å²) in [4.78, 5) is 0. The second-order valence-corrected chi connectivity index (χ2v) is 3.76. The van der Waals surface area contributed by atoms with E-state index in [0.717, 1.165) is 6.04 Å². The van der Waals surface area contributed by atoms with E-state index in [0.29, 0.717) is 0 Å². The number of rotatable bonds is 3. The Morgan fingerprint density at radius 1 is 1.36 bits per heavy atom. The van der Waals surface area contributed by atoms with Gasteiger partial charge < -0.3 is 5.32 Å². The lowest BCUT2D eigenvalue weighted by molar-refractivity contribution is 0.348. The zero-order valence-corrected chi connectivity index (χ0v) is 7.10. The predicted molar refractivity (Wildman–Crippen MR) is 47.6 cm³/mol. The molecule has 1 N–H and O–H groups in total. The van der Waals surface area contributed by atoms with E-state index in [1.807, 2.05) is 0 Å². The van der Waals surface area contributed by atoms with Crippen LogP contribution in [0.25, 0.3) is 0 Å². The summed E-state index contributed by atoms with van der Waals surface area (Å²) in [6.45, 7) is 1.17. The molecule has 2 aliphatic carbocycles. The molecule has 62 valence electrons. The molecule has 0 aromatic heterocycles. The van der Waals surface area contributed by atoms with E-state index in [-0.39, 0.29) is 0 Å². The van der Waals surface area contributed by atoms with Crippen molar-refractivity contribution < 1.29 is 0 Å².